The van der Waals surface area contributed by atoms with Crippen LogP contribution in [0.4, 0.5) is 9.59 Å². The van der Waals surface area contributed by atoms with Gasteiger partial charge in [-0.25, -0.2) is 9.59 Å². The van der Waals surface area contributed by atoms with E-state index in [0.717, 1.165) is 22.4 Å². The number of carbonyl (C=O) groups excluding carboxylic acids is 5. The molecule has 5 amide bonds. The molecule has 1 saturated heterocycles. The van der Waals surface area contributed by atoms with Crippen molar-refractivity contribution >= 4 is 29.7 Å². The van der Waals surface area contributed by atoms with Gasteiger partial charge < -0.3 is 20.7 Å². The second-order valence-corrected chi connectivity index (χ2v) is 10.7. The molecule has 2 aromatic rings. The first-order valence-electron chi connectivity index (χ1n) is 13.5. The molecular weight excluding hydrogens is 512 g/mol. The van der Waals surface area contributed by atoms with Crippen LogP contribution >= 0.6 is 0 Å². The summed E-state index contributed by atoms with van der Waals surface area (Å²) in [6.07, 6.45) is -0.696. The van der Waals surface area contributed by atoms with E-state index in [4.69, 9.17) is 4.74 Å². The number of ether oxygens (including phenoxy) is 1. The second kappa shape index (κ2) is 13.7. The maximum absolute atomic E-state index is 13.1. The third kappa shape index (κ3) is 7.91. The molecule has 40 heavy (non-hydrogen) atoms. The van der Waals surface area contributed by atoms with Crippen molar-refractivity contribution in [1.82, 2.24) is 20.9 Å². The molecule has 0 bridgehead atoms. The van der Waals surface area contributed by atoms with E-state index in [1.54, 1.807) is 20.8 Å². The zero-order valence-corrected chi connectivity index (χ0v) is 23.4. The molecule has 3 rings (SSSR count). The first-order valence-corrected chi connectivity index (χ1v) is 13.5. The largest absolute Gasteiger partial charge is 0.435 e. The van der Waals surface area contributed by atoms with Gasteiger partial charge in [0.15, 0.2) is 6.10 Å². The van der Waals surface area contributed by atoms with Crippen LogP contribution in [0.5, 0.6) is 0 Å². The fraction of sp³-hybridized carbons (Fsp3) is 0.433. The molecule has 1 aliphatic heterocycles. The average molecular weight is 551 g/mol. The zero-order valence-electron chi connectivity index (χ0n) is 23.4. The molecule has 3 N–H and O–H groups in total. The van der Waals surface area contributed by atoms with Crippen molar-refractivity contribution in [2.24, 2.45) is 5.41 Å². The Balaban J connectivity index is 1.61. The van der Waals surface area contributed by atoms with Gasteiger partial charge in [0.05, 0.1) is 6.04 Å². The van der Waals surface area contributed by atoms with Crippen molar-refractivity contribution in [3.63, 3.8) is 0 Å². The molecule has 0 saturated carbocycles. The summed E-state index contributed by atoms with van der Waals surface area (Å²) in [7, 11) is 0. The minimum absolute atomic E-state index is 0.0440. The van der Waals surface area contributed by atoms with Gasteiger partial charge >= 0.3 is 12.1 Å². The molecule has 0 spiro atoms. The lowest BCUT2D eigenvalue weighted by molar-refractivity contribution is -0.139. The molecule has 1 fully saturated rings. The quantitative estimate of drug-likeness (QED) is 0.364. The average Bonchev–Trinajstić information content (AvgIpc) is 3.18. The monoisotopic (exact) mass is 550 g/mol. The maximum Gasteiger partial charge on any atom is 0.408 e. The molecule has 10 nitrogen and oxygen atoms in total. The van der Waals surface area contributed by atoms with Gasteiger partial charge in [-0.2, -0.15) is 0 Å². The highest BCUT2D eigenvalue weighted by molar-refractivity contribution is 6.38. The molecule has 214 valence electrons. The molecule has 3 atom stereocenters. The number of urea groups is 1. The highest BCUT2D eigenvalue weighted by atomic mass is 16.6. The third-order valence-electron chi connectivity index (χ3n) is 6.85. The van der Waals surface area contributed by atoms with E-state index in [1.165, 1.54) is 0 Å². The molecule has 10 heteroatoms. The number of hydrogen-bond donors (Lipinski definition) is 3. The minimum atomic E-state index is -1.25. The number of amides is 5. The summed E-state index contributed by atoms with van der Waals surface area (Å²) in [5.41, 5.74) is 0.837. The van der Waals surface area contributed by atoms with Crippen LogP contribution < -0.4 is 16.0 Å². The van der Waals surface area contributed by atoms with E-state index < -0.39 is 53.3 Å². The zero-order chi connectivity index (χ0) is 29.3. The highest BCUT2D eigenvalue weighted by Crippen LogP contribution is 2.33. The van der Waals surface area contributed by atoms with Gasteiger partial charge in [0.25, 0.3) is 11.8 Å². The summed E-state index contributed by atoms with van der Waals surface area (Å²) >= 11 is 0. The number of rotatable bonds is 11. The lowest BCUT2D eigenvalue weighted by atomic mass is 9.90. The van der Waals surface area contributed by atoms with Gasteiger partial charge in [-0.1, -0.05) is 94.3 Å². The summed E-state index contributed by atoms with van der Waals surface area (Å²) in [5.74, 6) is -2.28. The number of benzene rings is 2. The molecule has 0 aromatic heterocycles. The Morgan fingerprint density at radius 2 is 1.62 bits per heavy atom. The summed E-state index contributed by atoms with van der Waals surface area (Å²) in [5, 5.41) is 7.87. The second-order valence-electron chi connectivity index (χ2n) is 10.7. The van der Waals surface area contributed by atoms with Crippen LogP contribution in [-0.4, -0.2) is 53.3 Å². The Kier molecular flexibility index (Phi) is 10.4. The Hall–Kier alpha value is -4.21. The van der Waals surface area contributed by atoms with Gasteiger partial charge in [0.1, 0.15) is 6.04 Å². The summed E-state index contributed by atoms with van der Waals surface area (Å²) in [4.78, 5) is 65.5. The first kappa shape index (κ1) is 30.3. The van der Waals surface area contributed by atoms with Crippen LogP contribution in [0.15, 0.2) is 60.7 Å². The molecule has 0 unspecified atom stereocenters. The highest BCUT2D eigenvalue weighted by Gasteiger charge is 2.51. The number of Topliss-reactive ketones (excluding diaryl/α,β-unsaturated/α-hetero) is 1. The van der Waals surface area contributed by atoms with Crippen molar-refractivity contribution in [2.75, 3.05) is 6.54 Å². The standard InChI is InChI=1S/C30H38N4O6/c1-5-6-17-23(24(35)26(36)32-20(2)22-15-11-8-12-16-22)33-29(39)40-25-27(37)34(19-30(25,3)4)28(38)31-18-21-13-9-7-10-14-21/h7-16,20,23,25H,5-6,17-19H2,1-4H3,(H,31,38)(H,32,36)(H,33,39)/t20-,23+,25-/m1/s1. The van der Waals surface area contributed by atoms with E-state index in [9.17, 15) is 24.0 Å². The van der Waals surface area contributed by atoms with Crippen LogP contribution in [0.3, 0.4) is 0 Å². The normalized spacial score (nSPS) is 17.4. The lowest BCUT2D eigenvalue weighted by Crippen LogP contribution is -2.50. The van der Waals surface area contributed by atoms with Gasteiger partial charge in [-0.15, -0.1) is 0 Å². The summed E-state index contributed by atoms with van der Waals surface area (Å²) in [6, 6.07) is 16.3. The Labute approximate surface area is 234 Å². The number of unbranched alkanes of at least 4 members (excludes halogenated alkanes) is 1. The fourth-order valence-corrected chi connectivity index (χ4v) is 4.51. The van der Waals surface area contributed by atoms with E-state index in [1.807, 2.05) is 67.6 Å². The number of ketones is 1. The van der Waals surface area contributed by atoms with Crippen molar-refractivity contribution in [1.29, 1.82) is 0 Å². The van der Waals surface area contributed by atoms with Crippen molar-refractivity contribution in [3.8, 4) is 0 Å². The number of alkyl carbamates (subject to hydrolysis) is 1. The number of carbonyl (C=O) groups is 5. The predicted molar refractivity (Wildman–Crippen MR) is 149 cm³/mol. The third-order valence-corrected chi connectivity index (χ3v) is 6.85. The van der Waals surface area contributed by atoms with Gasteiger partial charge in [0.2, 0.25) is 5.78 Å². The van der Waals surface area contributed by atoms with E-state index in [-0.39, 0.29) is 19.5 Å². The Morgan fingerprint density at radius 3 is 2.25 bits per heavy atom. The number of nitrogens with one attached hydrogen (secondary N) is 3. The summed E-state index contributed by atoms with van der Waals surface area (Å²) < 4.78 is 5.47. The van der Waals surface area contributed by atoms with E-state index in [2.05, 4.69) is 16.0 Å². The van der Waals surface area contributed by atoms with Crippen molar-refractivity contribution < 1.29 is 28.7 Å². The van der Waals surface area contributed by atoms with Gasteiger partial charge in [-0.05, 0) is 24.5 Å². The van der Waals surface area contributed by atoms with Crippen LogP contribution in [0.25, 0.3) is 0 Å². The topological polar surface area (TPSA) is 134 Å². The smallest absolute Gasteiger partial charge is 0.408 e. The molecule has 0 aliphatic carbocycles. The number of likely N-dealkylation sites (tertiary alicyclic amines) is 1. The summed E-state index contributed by atoms with van der Waals surface area (Å²) in [6.45, 7) is 7.40. The van der Waals surface area contributed by atoms with Crippen LogP contribution in [0, 0.1) is 5.41 Å². The molecule has 1 aliphatic rings. The van der Waals surface area contributed by atoms with Crippen LogP contribution in [0.1, 0.15) is 64.1 Å². The van der Waals surface area contributed by atoms with Crippen LogP contribution in [-0.2, 0) is 25.7 Å². The SMILES string of the molecule is CCCC[C@H](NC(=O)O[C@@H]1C(=O)N(C(=O)NCc2ccccc2)CC1(C)C)C(=O)C(=O)N[C@H](C)c1ccccc1. The molecule has 1 heterocycles. The number of hydrogen-bond acceptors (Lipinski definition) is 6. The van der Waals surface area contributed by atoms with Crippen LogP contribution in [0.2, 0.25) is 0 Å². The molecule has 2 aromatic carbocycles. The lowest BCUT2D eigenvalue weighted by Gasteiger charge is -2.25. The van der Waals surface area contributed by atoms with Gasteiger partial charge in [0, 0.05) is 18.5 Å². The molecular formula is C30H38N4O6. The first-order chi connectivity index (χ1) is 19.0. The fourth-order valence-electron chi connectivity index (χ4n) is 4.51. The number of nitrogens with zero attached hydrogens (tertiary/aromatic N) is 1. The number of imide groups is 1. The predicted octanol–water partition coefficient (Wildman–Crippen LogP) is 3.86. The minimum Gasteiger partial charge on any atom is -0.435 e. The maximum atomic E-state index is 13.1. The van der Waals surface area contributed by atoms with Crippen molar-refractivity contribution in [3.05, 3.63) is 71.8 Å². The van der Waals surface area contributed by atoms with E-state index >= 15 is 0 Å². The molecule has 0 radical (unpaired) electrons. The Morgan fingerprint density at radius 1 is 1.00 bits per heavy atom. The van der Waals surface area contributed by atoms with Gasteiger partial charge in [-0.3, -0.25) is 19.3 Å². The van der Waals surface area contributed by atoms with Crippen molar-refractivity contribution in [2.45, 2.75) is 71.7 Å². The Bertz CT molecular complexity index is 1200. The van der Waals surface area contributed by atoms with E-state index in [0.29, 0.717) is 6.42 Å².